The van der Waals surface area contributed by atoms with Crippen molar-refractivity contribution in [3.63, 3.8) is 0 Å². The highest BCUT2D eigenvalue weighted by Gasteiger charge is 2.18. The fourth-order valence-corrected chi connectivity index (χ4v) is 2.15. The van der Waals surface area contributed by atoms with Gasteiger partial charge < -0.3 is 19.5 Å². The number of ether oxygens (including phenoxy) is 2. The lowest BCUT2D eigenvalue weighted by Gasteiger charge is -2.18. The van der Waals surface area contributed by atoms with E-state index in [2.05, 4.69) is 6.92 Å². The van der Waals surface area contributed by atoms with Gasteiger partial charge in [0.25, 0.3) is 5.91 Å². The number of hydrogen-bond acceptors (Lipinski definition) is 4. The van der Waals surface area contributed by atoms with Gasteiger partial charge in [-0.25, -0.2) is 0 Å². The van der Waals surface area contributed by atoms with Crippen LogP contribution in [0.15, 0.2) is 12.1 Å². The summed E-state index contributed by atoms with van der Waals surface area (Å²) in [5.41, 5.74) is 0.322. The van der Waals surface area contributed by atoms with Crippen LogP contribution in [-0.2, 0) is 4.79 Å². The van der Waals surface area contributed by atoms with E-state index in [0.29, 0.717) is 23.7 Å². The third-order valence-corrected chi connectivity index (χ3v) is 3.51. The molecule has 0 fully saturated rings. The van der Waals surface area contributed by atoms with Crippen molar-refractivity contribution in [2.45, 2.75) is 26.2 Å². The third kappa shape index (κ3) is 5.63. The maximum absolute atomic E-state index is 12.3. The Balaban J connectivity index is 2.94. The maximum Gasteiger partial charge on any atom is 0.305 e. The van der Waals surface area contributed by atoms with Gasteiger partial charge in [-0.2, -0.15) is 0 Å². The molecule has 23 heavy (non-hydrogen) atoms. The molecule has 0 unspecified atom stereocenters. The zero-order valence-electron chi connectivity index (χ0n) is 13.6. The fourth-order valence-electron chi connectivity index (χ4n) is 1.89. The topological polar surface area (TPSA) is 76.1 Å². The lowest BCUT2D eigenvalue weighted by atomic mass is 10.1. The van der Waals surface area contributed by atoms with Gasteiger partial charge in [0.1, 0.15) is 0 Å². The summed E-state index contributed by atoms with van der Waals surface area (Å²) >= 11 is 6.20. The number of nitrogens with zero attached hydrogens (tertiary/aromatic N) is 1. The molecular formula is C16H22ClNO5. The number of unbranched alkanes of at least 4 members (excludes halogenated alkanes) is 1. The molecule has 0 aromatic heterocycles. The van der Waals surface area contributed by atoms with Gasteiger partial charge in [-0.05, 0) is 18.6 Å². The number of amides is 1. The van der Waals surface area contributed by atoms with E-state index in [1.807, 2.05) is 0 Å². The first kappa shape index (κ1) is 19.1. The number of halogens is 1. The Kier molecular flexibility index (Phi) is 7.68. The lowest BCUT2D eigenvalue weighted by Crippen LogP contribution is -2.29. The first-order valence-corrected chi connectivity index (χ1v) is 7.76. The maximum atomic E-state index is 12.3. The van der Waals surface area contributed by atoms with Gasteiger partial charge in [0, 0.05) is 19.2 Å². The minimum Gasteiger partial charge on any atom is -0.493 e. The van der Waals surface area contributed by atoms with Crippen LogP contribution in [0.2, 0.25) is 5.02 Å². The molecule has 1 N–H and O–H groups in total. The Morgan fingerprint density at radius 3 is 2.61 bits per heavy atom. The van der Waals surface area contributed by atoms with Crippen LogP contribution in [-0.4, -0.2) is 49.2 Å². The summed E-state index contributed by atoms with van der Waals surface area (Å²) in [4.78, 5) is 24.2. The Morgan fingerprint density at radius 1 is 1.35 bits per heavy atom. The average molecular weight is 344 g/mol. The second kappa shape index (κ2) is 9.25. The quantitative estimate of drug-likeness (QED) is 0.697. The zero-order valence-corrected chi connectivity index (χ0v) is 14.4. The number of carbonyl (C=O) groups is 2. The number of rotatable bonds is 9. The highest BCUT2D eigenvalue weighted by atomic mass is 35.5. The summed E-state index contributed by atoms with van der Waals surface area (Å²) < 4.78 is 10.9. The minimum atomic E-state index is -0.958. The lowest BCUT2D eigenvalue weighted by molar-refractivity contribution is -0.137. The summed E-state index contributed by atoms with van der Waals surface area (Å²) in [5.74, 6) is -0.498. The van der Waals surface area contributed by atoms with E-state index < -0.39 is 5.97 Å². The predicted octanol–water partition coefficient (Wildman–Crippen LogP) is 3.07. The van der Waals surface area contributed by atoms with Crippen molar-refractivity contribution in [2.75, 3.05) is 27.3 Å². The molecule has 0 aliphatic carbocycles. The van der Waals surface area contributed by atoms with E-state index in [1.54, 1.807) is 6.07 Å². The largest absolute Gasteiger partial charge is 0.493 e. The van der Waals surface area contributed by atoms with E-state index in [-0.39, 0.29) is 23.9 Å². The molecule has 1 rings (SSSR count). The molecular weight excluding hydrogens is 322 g/mol. The molecule has 1 aromatic rings. The van der Waals surface area contributed by atoms with E-state index in [1.165, 1.54) is 25.1 Å². The van der Waals surface area contributed by atoms with E-state index in [4.69, 9.17) is 26.2 Å². The van der Waals surface area contributed by atoms with Gasteiger partial charge in [0.05, 0.1) is 25.2 Å². The molecule has 0 saturated carbocycles. The van der Waals surface area contributed by atoms with Gasteiger partial charge in [-0.1, -0.05) is 24.9 Å². The molecule has 0 heterocycles. The fraction of sp³-hybridized carbons (Fsp3) is 0.500. The normalized spacial score (nSPS) is 10.3. The Bertz CT molecular complexity index is 562. The number of aliphatic carboxylic acids is 1. The predicted molar refractivity (Wildman–Crippen MR) is 87.6 cm³/mol. The number of carboxylic acid groups (broad SMARTS) is 1. The number of methoxy groups -OCH3 is 1. The summed E-state index contributed by atoms with van der Waals surface area (Å²) in [6.07, 6.45) is 1.76. The van der Waals surface area contributed by atoms with Gasteiger partial charge >= 0.3 is 5.97 Å². The van der Waals surface area contributed by atoms with Gasteiger partial charge in [0.15, 0.2) is 11.5 Å². The molecule has 0 aliphatic rings. The molecule has 0 bridgehead atoms. The molecule has 7 heteroatoms. The first-order valence-electron chi connectivity index (χ1n) is 7.38. The SMILES string of the molecule is CCCCOc1c(Cl)cc(C(=O)N(C)CCC(=O)O)cc1OC. The van der Waals surface area contributed by atoms with Crippen LogP contribution < -0.4 is 9.47 Å². The monoisotopic (exact) mass is 343 g/mol. The summed E-state index contributed by atoms with van der Waals surface area (Å²) in [6.45, 7) is 2.68. The summed E-state index contributed by atoms with van der Waals surface area (Å²) in [6, 6.07) is 3.05. The van der Waals surface area contributed by atoms with Crippen molar-refractivity contribution < 1.29 is 24.2 Å². The molecule has 0 spiro atoms. The molecule has 0 saturated heterocycles. The van der Waals surface area contributed by atoms with Crippen molar-refractivity contribution in [1.29, 1.82) is 0 Å². The molecule has 6 nitrogen and oxygen atoms in total. The standard InChI is InChI=1S/C16H22ClNO5/c1-4-5-8-23-15-12(17)9-11(10-13(15)22-3)16(21)18(2)7-6-14(19)20/h9-10H,4-8H2,1-3H3,(H,19,20). The van der Waals surface area contributed by atoms with Gasteiger partial charge in [-0.3, -0.25) is 9.59 Å². The van der Waals surface area contributed by atoms with Crippen LogP contribution >= 0.6 is 11.6 Å². The molecule has 0 radical (unpaired) electrons. The second-order valence-corrected chi connectivity index (χ2v) is 5.47. The van der Waals surface area contributed by atoms with Crippen LogP contribution in [0.4, 0.5) is 0 Å². The van der Waals surface area contributed by atoms with Gasteiger partial charge in [-0.15, -0.1) is 0 Å². The number of benzene rings is 1. The van der Waals surface area contributed by atoms with Gasteiger partial charge in [0.2, 0.25) is 0 Å². The number of carboxylic acids is 1. The van der Waals surface area contributed by atoms with Crippen LogP contribution in [0, 0.1) is 0 Å². The smallest absolute Gasteiger partial charge is 0.305 e. The highest BCUT2D eigenvalue weighted by Crippen LogP contribution is 2.36. The number of carbonyl (C=O) groups excluding carboxylic acids is 1. The Labute approximate surface area is 140 Å². The van der Waals surface area contributed by atoms with E-state index in [9.17, 15) is 9.59 Å². The second-order valence-electron chi connectivity index (χ2n) is 5.06. The molecule has 0 atom stereocenters. The van der Waals surface area contributed by atoms with Crippen LogP contribution in [0.5, 0.6) is 11.5 Å². The van der Waals surface area contributed by atoms with Crippen molar-refractivity contribution in [3.05, 3.63) is 22.7 Å². The van der Waals surface area contributed by atoms with Crippen LogP contribution in [0.25, 0.3) is 0 Å². The van der Waals surface area contributed by atoms with Crippen molar-refractivity contribution in [3.8, 4) is 11.5 Å². The molecule has 1 aromatic carbocycles. The third-order valence-electron chi connectivity index (χ3n) is 3.23. The Hall–Kier alpha value is -1.95. The number of hydrogen-bond donors (Lipinski definition) is 1. The van der Waals surface area contributed by atoms with Crippen LogP contribution in [0.3, 0.4) is 0 Å². The van der Waals surface area contributed by atoms with Crippen molar-refractivity contribution in [1.82, 2.24) is 4.90 Å². The van der Waals surface area contributed by atoms with E-state index >= 15 is 0 Å². The summed E-state index contributed by atoms with van der Waals surface area (Å²) in [7, 11) is 3.01. The summed E-state index contributed by atoms with van der Waals surface area (Å²) in [5, 5.41) is 8.97. The average Bonchev–Trinajstić information content (AvgIpc) is 2.52. The molecule has 1 amide bonds. The molecule has 128 valence electrons. The van der Waals surface area contributed by atoms with Crippen LogP contribution in [0.1, 0.15) is 36.5 Å². The minimum absolute atomic E-state index is 0.114. The molecule has 0 aliphatic heterocycles. The van der Waals surface area contributed by atoms with E-state index in [0.717, 1.165) is 12.8 Å². The highest BCUT2D eigenvalue weighted by molar-refractivity contribution is 6.32. The van der Waals surface area contributed by atoms with Crippen molar-refractivity contribution >= 4 is 23.5 Å². The zero-order chi connectivity index (χ0) is 17.4. The van der Waals surface area contributed by atoms with Crippen molar-refractivity contribution in [2.24, 2.45) is 0 Å². The first-order chi connectivity index (χ1) is 10.9. The Morgan fingerprint density at radius 2 is 2.04 bits per heavy atom.